The maximum Gasteiger partial charge on any atom is 0.285 e. The number of amides is 1. The first-order chi connectivity index (χ1) is 14.4. The standard InChI is InChI=1S/C22H26N4O3S/c1-16(2)26-22(27)20(21(30(26,28)29)17-8-4-3-5-9-17)24-18-11-14-25(15-12-18)19-10-6-7-13-23-19/h3-10,13,16,18,24H,11-12,14-15H2,1-2H3. The van der Waals surface area contributed by atoms with Crippen LogP contribution in [-0.4, -0.2) is 48.8 Å². The number of nitrogens with one attached hydrogen (secondary N) is 1. The summed E-state index contributed by atoms with van der Waals surface area (Å²) in [4.78, 5) is 19.8. The molecule has 1 aromatic carbocycles. The molecule has 30 heavy (non-hydrogen) atoms. The predicted molar refractivity (Wildman–Crippen MR) is 117 cm³/mol. The van der Waals surface area contributed by atoms with E-state index in [1.54, 1.807) is 44.3 Å². The predicted octanol–water partition coefficient (Wildman–Crippen LogP) is 2.59. The highest BCUT2D eigenvalue weighted by molar-refractivity contribution is 7.99. The number of hydrogen-bond donors (Lipinski definition) is 1. The SMILES string of the molecule is CC(C)N1C(=O)C(NC2CCN(c3ccccn3)CC2)=C(c2ccccc2)S1(=O)=O. The second kappa shape index (κ2) is 8.10. The van der Waals surface area contributed by atoms with Crippen LogP contribution < -0.4 is 10.2 Å². The van der Waals surface area contributed by atoms with Crippen LogP contribution in [0.15, 0.2) is 60.4 Å². The molecule has 1 aromatic heterocycles. The van der Waals surface area contributed by atoms with E-state index in [1.165, 1.54) is 0 Å². The highest BCUT2D eigenvalue weighted by Gasteiger charge is 2.46. The summed E-state index contributed by atoms with van der Waals surface area (Å²) in [6, 6.07) is 14.3. The summed E-state index contributed by atoms with van der Waals surface area (Å²) >= 11 is 0. The molecule has 158 valence electrons. The van der Waals surface area contributed by atoms with Crippen molar-refractivity contribution in [2.45, 2.75) is 38.8 Å². The van der Waals surface area contributed by atoms with Gasteiger partial charge in [0.1, 0.15) is 16.4 Å². The van der Waals surface area contributed by atoms with E-state index in [2.05, 4.69) is 15.2 Å². The Kier molecular flexibility index (Phi) is 5.51. The number of carbonyl (C=O) groups excluding carboxylic acids is 1. The molecule has 1 saturated heterocycles. The second-order valence-corrected chi connectivity index (χ2v) is 9.62. The van der Waals surface area contributed by atoms with Crippen molar-refractivity contribution in [3.8, 4) is 0 Å². The Morgan fingerprint density at radius 2 is 1.70 bits per heavy atom. The smallest absolute Gasteiger partial charge is 0.285 e. The fourth-order valence-corrected chi connectivity index (χ4v) is 5.96. The van der Waals surface area contributed by atoms with E-state index in [9.17, 15) is 13.2 Å². The minimum absolute atomic E-state index is 0.0185. The monoisotopic (exact) mass is 426 g/mol. The molecule has 7 nitrogen and oxygen atoms in total. The molecular formula is C22H26N4O3S. The van der Waals surface area contributed by atoms with Crippen LogP contribution in [0.4, 0.5) is 5.82 Å². The lowest BCUT2D eigenvalue weighted by molar-refractivity contribution is -0.123. The van der Waals surface area contributed by atoms with Crippen molar-refractivity contribution in [3.63, 3.8) is 0 Å². The normalized spacial score (nSPS) is 19.6. The fraction of sp³-hybridized carbons (Fsp3) is 0.364. The molecule has 1 N–H and O–H groups in total. The summed E-state index contributed by atoms with van der Waals surface area (Å²) in [5.41, 5.74) is 0.716. The molecule has 8 heteroatoms. The number of rotatable bonds is 5. The van der Waals surface area contributed by atoms with Crippen molar-refractivity contribution < 1.29 is 13.2 Å². The van der Waals surface area contributed by atoms with Crippen molar-refractivity contribution >= 4 is 26.7 Å². The minimum atomic E-state index is -3.90. The summed E-state index contributed by atoms with van der Waals surface area (Å²) in [6.07, 6.45) is 3.35. The molecule has 1 fully saturated rings. The Balaban J connectivity index is 1.60. The van der Waals surface area contributed by atoms with E-state index in [0.717, 1.165) is 36.1 Å². The highest BCUT2D eigenvalue weighted by atomic mass is 32.2. The zero-order chi connectivity index (χ0) is 21.3. The Morgan fingerprint density at radius 1 is 1.03 bits per heavy atom. The van der Waals surface area contributed by atoms with Crippen molar-refractivity contribution in [2.24, 2.45) is 0 Å². The summed E-state index contributed by atoms with van der Waals surface area (Å²) in [7, 11) is -3.90. The van der Waals surface area contributed by atoms with Crippen LogP contribution in [0, 0.1) is 0 Å². The van der Waals surface area contributed by atoms with E-state index < -0.39 is 22.0 Å². The minimum Gasteiger partial charge on any atom is -0.377 e. The molecule has 4 rings (SSSR count). The Labute approximate surface area is 177 Å². The topological polar surface area (TPSA) is 82.6 Å². The maximum atomic E-state index is 13.2. The molecule has 0 bridgehead atoms. The van der Waals surface area contributed by atoms with Gasteiger partial charge in [-0.2, -0.15) is 0 Å². The van der Waals surface area contributed by atoms with Crippen LogP contribution in [0.25, 0.3) is 4.91 Å². The molecule has 0 radical (unpaired) electrons. The molecular weight excluding hydrogens is 400 g/mol. The molecule has 1 amide bonds. The van der Waals surface area contributed by atoms with Gasteiger partial charge in [-0.15, -0.1) is 0 Å². The van der Waals surface area contributed by atoms with Gasteiger partial charge in [0.15, 0.2) is 0 Å². The van der Waals surface area contributed by atoms with Crippen molar-refractivity contribution in [1.82, 2.24) is 14.6 Å². The molecule has 0 spiro atoms. The molecule has 2 aliphatic heterocycles. The van der Waals surface area contributed by atoms with Crippen LogP contribution in [0.3, 0.4) is 0 Å². The second-order valence-electron chi connectivity index (χ2n) is 7.86. The summed E-state index contributed by atoms with van der Waals surface area (Å²) in [5, 5.41) is 3.29. The van der Waals surface area contributed by atoms with E-state index in [0.29, 0.717) is 5.56 Å². The van der Waals surface area contributed by atoms with Crippen molar-refractivity contribution in [1.29, 1.82) is 0 Å². The maximum absolute atomic E-state index is 13.2. The van der Waals surface area contributed by atoms with E-state index >= 15 is 0 Å². The quantitative estimate of drug-likeness (QED) is 0.791. The first kappa shape index (κ1) is 20.4. The molecule has 2 aromatic rings. The van der Waals surface area contributed by atoms with E-state index in [-0.39, 0.29) is 16.6 Å². The first-order valence-corrected chi connectivity index (χ1v) is 11.6. The van der Waals surface area contributed by atoms with Gasteiger partial charge in [0.25, 0.3) is 15.9 Å². The van der Waals surface area contributed by atoms with Crippen LogP contribution in [0.5, 0.6) is 0 Å². The lowest BCUT2D eigenvalue weighted by Crippen LogP contribution is -2.45. The molecule has 0 saturated carbocycles. The van der Waals surface area contributed by atoms with Gasteiger partial charge < -0.3 is 10.2 Å². The number of pyridine rings is 1. The van der Waals surface area contributed by atoms with Crippen LogP contribution in [0.1, 0.15) is 32.3 Å². The van der Waals surface area contributed by atoms with Crippen molar-refractivity contribution in [3.05, 3.63) is 66.0 Å². The summed E-state index contributed by atoms with van der Waals surface area (Å²) < 4.78 is 27.4. The zero-order valence-corrected chi connectivity index (χ0v) is 18.0. The summed E-state index contributed by atoms with van der Waals surface area (Å²) in [5.74, 6) is 0.460. The molecule has 0 unspecified atom stereocenters. The molecule has 0 atom stereocenters. The number of aromatic nitrogens is 1. The number of piperidine rings is 1. The lowest BCUT2D eigenvalue weighted by Gasteiger charge is -2.33. The van der Waals surface area contributed by atoms with Crippen LogP contribution >= 0.6 is 0 Å². The van der Waals surface area contributed by atoms with Gasteiger partial charge in [-0.25, -0.2) is 17.7 Å². The molecule has 3 heterocycles. The number of sulfonamides is 1. The van der Waals surface area contributed by atoms with Gasteiger partial charge in [-0.1, -0.05) is 36.4 Å². The molecule has 2 aliphatic rings. The third-order valence-corrected chi connectivity index (χ3v) is 7.54. The fourth-order valence-electron chi connectivity index (χ4n) is 4.06. The number of carbonyl (C=O) groups is 1. The van der Waals surface area contributed by atoms with Gasteiger partial charge in [-0.3, -0.25) is 4.79 Å². The van der Waals surface area contributed by atoms with Gasteiger partial charge in [-0.05, 0) is 44.4 Å². The Hall–Kier alpha value is -2.87. The average molecular weight is 427 g/mol. The lowest BCUT2D eigenvalue weighted by atomic mass is 10.0. The number of hydrogen-bond acceptors (Lipinski definition) is 6. The largest absolute Gasteiger partial charge is 0.377 e. The Bertz CT molecular complexity index is 1040. The highest BCUT2D eigenvalue weighted by Crippen LogP contribution is 2.36. The van der Waals surface area contributed by atoms with Gasteiger partial charge >= 0.3 is 0 Å². The third-order valence-electron chi connectivity index (χ3n) is 5.48. The van der Waals surface area contributed by atoms with Gasteiger partial charge in [0.05, 0.1) is 0 Å². The van der Waals surface area contributed by atoms with Gasteiger partial charge in [0.2, 0.25) is 0 Å². The van der Waals surface area contributed by atoms with E-state index in [4.69, 9.17) is 0 Å². The van der Waals surface area contributed by atoms with E-state index in [1.807, 2.05) is 24.3 Å². The first-order valence-electron chi connectivity index (χ1n) is 10.2. The number of benzene rings is 1. The molecule has 0 aliphatic carbocycles. The van der Waals surface area contributed by atoms with Crippen molar-refractivity contribution in [2.75, 3.05) is 18.0 Å². The average Bonchev–Trinajstić information content (AvgIpc) is 2.94. The summed E-state index contributed by atoms with van der Waals surface area (Å²) in [6.45, 7) is 5.01. The van der Waals surface area contributed by atoms with Crippen LogP contribution in [0.2, 0.25) is 0 Å². The Morgan fingerprint density at radius 3 is 2.30 bits per heavy atom. The third kappa shape index (κ3) is 3.67. The number of anilines is 1. The van der Waals surface area contributed by atoms with Gasteiger partial charge in [0, 0.05) is 31.4 Å². The number of nitrogens with zero attached hydrogens (tertiary/aromatic N) is 3. The zero-order valence-electron chi connectivity index (χ0n) is 17.2. The van der Waals surface area contributed by atoms with Crippen LogP contribution in [-0.2, 0) is 14.8 Å².